The summed E-state index contributed by atoms with van der Waals surface area (Å²) in [5.74, 6) is 1.06. The van der Waals surface area contributed by atoms with E-state index in [1.807, 2.05) is 19.3 Å². The molecular formula is C14H23N3O. The number of hydrogen-bond acceptors (Lipinski definition) is 4. The smallest absolute Gasteiger partial charge is 0.132 e. The molecule has 0 bridgehead atoms. The van der Waals surface area contributed by atoms with Crippen LogP contribution in [0.4, 0.5) is 5.82 Å². The van der Waals surface area contributed by atoms with Gasteiger partial charge in [0.1, 0.15) is 5.82 Å². The van der Waals surface area contributed by atoms with Gasteiger partial charge in [0.05, 0.1) is 6.10 Å². The summed E-state index contributed by atoms with van der Waals surface area (Å²) in [7, 11) is 4.06. The van der Waals surface area contributed by atoms with Gasteiger partial charge in [-0.1, -0.05) is 6.07 Å². The minimum atomic E-state index is 0.355. The quantitative estimate of drug-likeness (QED) is 0.863. The van der Waals surface area contributed by atoms with Crippen LogP contribution in [-0.4, -0.2) is 38.3 Å². The van der Waals surface area contributed by atoms with E-state index in [2.05, 4.69) is 28.3 Å². The van der Waals surface area contributed by atoms with E-state index in [9.17, 15) is 0 Å². The fourth-order valence-electron chi connectivity index (χ4n) is 2.45. The summed E-state index contributed by atoms with van der Waals surface area (Å²) in [6.45, 7) is 2.68. The zero-order valence-corrected chi connectivity index (χ0v) is 11.4. The lowest BCUT2D eigenvalue weighted by molar-refractivity contribution is 0.0215. The van der Waals surface area contributed by atoms with E-state index in [0.29, 0.717) is 6.10 Å². The third-order valence-corrected chi connectivity index (χ3v) is 3.35. The largest absolute Gasteiger partial charge is 0.376 e. The number of hydrogen-bond donors (Lipinski definition) is 1. The second-order valence-electron chi connectivity index (χ2n) is 4.89. The van der Waals surface area contributed by atoms with Crippen LogP contribution >= 0.6 is 0 Å². The first-order valence-corrected chi connectivity index (χ1v) is 6.72. The molecule has 0 aliphatic carbocycles. The number of ether oxygens (including phenoxy) is 1. The number of anilines is 1. The molecule has 1 aromatic heterocycles. The van der Waals surface area contributed by atoms with Crippen molar-refractivity contribution in [3.05, 3.63) is 23.9 Å². The van der Waals surface area contributed by atoms with E-state index in [-0.39, 0.29) is 0 Å². The molecule has 0 spiro atoms. The molecule has 1 aliphatic heterocycles. The Morgan fingerprint density at radius 1 is 1.50 bits per heavy atom. The maximum atomic E-state index is 5.78. The van der Waals surface area contributed by atoms with Gasteiger partial charge in [-0.25, -0.2) is 4.98 Å². The predicted molar refractivity (Wildman–Crippen MR) is 73.9 cm³/mol. The fourth-order valence-corrected chi connectivity index (χ4v) is 2.45. The Morgan fingerprint density at radius 3 is 3.11 bits per heavy atom. The number of nitrogens with one attached hydrogen (secondary N) is 1. The van der Waals surface area contributed by atoms with E-state index in [0.717, 1.165) is 25.5 Å². The monoisotopic (exact) mass is 249 g/mol. The number of rotatable bonds is 5. The minimum absolute atomic E-state index is 0.355. The van der Waals surface area contributed by atoms with Gasteiger partial charge in [0, 0.05) is 38.5 Å². The Bertz CT molecular complexity index is 364. The van der Waals surface area contributed by atoms with E-state index in [1.54, 1.807) is 0 Å². The Morgan fingerprint density at radius 2 is 2.39 bits per heavy atom. The molecule has 0 amide bonds. The lowest BCUT2D eigenvalue weighted by atomic mass is 10.1. The van der Waals surface area contributed by atoms with Gasteiger partial charge in [0.25, 0.3) is 0 Å². The van der Waals surface area contributed by atoms with Crippen molar-refractivity contribution < 1.29 is 4.74 Å². The Hall–Kier alpha value is -1.13. The molecule has 0 radical (unpaired) electrons. The van der Waals surface area contributed by atoms with Gasteiger partial charge in [-0.2, -0.15) is 0 Å². The van der Waals surface area contributed by atoms with Crippen molar-refractivity contribution in [2.24, 2.45) is 0 Å². The molecule has 100 valence electrons. The topological polar surface area (TPSA) is 37.4 Å². The van der Waals surface area contributed by atoms with Crippen LogP contribution in [0.25, 0.3) is 0 Å². The highest BCUT2D eigenvalue weighted by molar-refractivity contribution is 5.46. The summed E-state index contributed by atoms with van der Waals surface area (Å²) in [5, 5.41) is 3.18. The van der Waals surface area contributed by atoms with E-state index < -0.39 is 0 Å². The molecule has 0 saturated carbocycles. The van der Waals surface area contributed by atoms with Crippen molar-refractivity contribution in [3.8, 4) is 0 Å². The SMILES string of the molecule is CNCc1cccnc1N(C)CC1CCCCO1. The molecule has 1 fully saturated rings. The van der Waals surface area contributed by atoms with Gasteiger partial charge < -0.3 is 15.0 Å². The lowest BCUT2D eigenvalue weighted by Crippen LogP contribution is -2.34. The van der Waals surface area contributed by atoms with E-state index in [1.165, 1.54) is 24.8 Å². The Balaban J connectivity index is 2.00. The molecule has 1 aliphatic rings. The van der Waals surface area contributed by atoms with Crippen LogP contribution in [0.3, 0.4) is 0 Å². The average Bonchev–Trinajstić information content (AvgIpc) is 2.41. The first-order chi connectivity index (χ1) is 8.81. The maximum absolute atomic E-state index is 5.78. The van der Waals surface area contributed by atoms with Crippen molar-refractivity contribution in [2.45, 2.75) is 31.9 Å². The summed E-state index contributed by atoms with van der Waals surface area (Å²) in [5.41, 5.74) is 1.23. The number of likely N-dealkylation sites (N-methyl/N-ethyl adjacent to an activating group) is 1. The second-order valence-corrected chi connectivity index (χ2v) is 4.89. The molecule has 1 N–H and O–H groups in total. The van der Waals surface area contributed by atoms with Gasteiger partial charge >= 0.3 is 0 Å². The van der Waals surface area contributed by atoms with Gasteiger partial charge in [-0.15, -0.1) is 0 Å². The zero-order chi connectivity index (χ0) is 12.8. The third kappa shape index (κ3) is 3.43. The lowest BCUT2D eigenvalue weighted by Gasteiger charge is -2.29. The van der Waals surface area contributed by atoms with Crippen molar-refractivity contribution in [1.29, 1.82) is 0 Å². The molecule has 1 saturated heterocycles. The van der Waals surface area contributed by atoms with Crippen LogP contribution in [0, 0.1) is 0 Å². The number of nitrogens with zero attached hydrogens (tertiary/aromatic N) is 2. The van der Waals surface area contributed by atoms with Crippen LogP contribution in [0.15, 0.2) is 18.3 Å². The van der Waals surface area contributed by atoms with Crippen molar-refractivity contribution in [2.75, 3.05) is 32.1 Å². The molecule has 0 aromatic carbocycles. The molecule has 1 unspecified atom stereocenters. The number of pyridine rings is 1. The van der Waals surface area contributed by atoms with Gasteiger partial charge in [0.2, 0.25) is 0 Å². The highest BCUT2D eigenvalue weighted by atomic mass is 16.5. The van der Waals surface area contributed by atoms with Crippen molar-refractivity contribution >= 4 is 5.82 Å². The fraction of sp³-hybridized carbons (Fsp3) is 0.643. The van der Waals surface area contributed by atoms with Crippen LogP contribution < -0.4 is 10.2 Å². The molecule has 1 aromatic rings. The molecule has 2 heterocycles. The third-order valence-electron chi connectivity index (χ3n) is 3.35. The van der Waals surface area contributed by atoms with E-state index >= 15 is 0 Å². The highest BCUT2D eigenvalue weighted by Gasteiger charge is 2.17. The summed E-state index contributed by atoms with van der Waals surface area (Å²) < 4.78 is 5.78. The Labute approximate surface area is 109 Å². The summed E-state index contributed by atoms with van der Waals surface area (Å²) in [4.78, 5) is 6.70. The normalized spacial score (nSPS) is 19.8. The molecular weight excluding hydrogens is 226 g/mol. The molecule has 4 nitrogen and oxygen atoms in total. The van der Waals surface area contributed by atoms with Gasteiger partial charge in [-0.3, -0.25) is 0 Å². The van der Waals surface area contributed by atoms with E-state index in [4.69, 9.17) is 4.74 Å². The minimum Gasteiger partial charge on any atom is -0.376 e. The van der Waals surface area contributed by atoms with Crippen molar-refractivity contribution in [1.82, 2.24) is 10.3 Å². The maximum Gasteiger partial charge on any atom is 0.132 e. The first-order valence-electron chi connectivity index (χ1n) is 6.72. The highest BCUT2D eigenvalue weighted by Crippen LogP contribution is 2.19. The van der Waals surface area contributed by atoms with Crippen LogP contribution in [0.2, 0.25) is 0 Å². The van der Waals surface area contributed by atoms with Crippen LogP contribution in [0.1, 0.15) is 24.8 Å². The summed E-state index contributed by atoms with van der Waals surface area (Å²) in [6.07, 6.45) is 5.86. The van der Waals surface area contributed by atoms with Crippen LogP contribution in [0.5, 0.6) is 0 Å². The summed E-state index contributed by atoms with van der Waals surface area (Å²) >= 11 is 0. The predicted octanol–water partition coefficient (Wildman–Crippen LogP) is 1.81. The standard InChI is InChI=1S/C14H23N3O/c1-15-10-12-6-5-8-16-14(12)17(2)11-13-7-3-4-9-18-13/h5-6,8,13,15H,3-4,7,9-11H2,1-2H3. The van der Waals surface area contributed by atoms with Crippen molar-refractivity contribution in [3.63, 3.8) is 0 Å². The zero-order valence-electron chi connectivity index (χ0n) is 11.4. The molecule has 1 atom stereocenters. The molecule has 18 heavy (non-hydrogen) atoms. The average molecular weight is 249 g/mol. The summed E-state index contributed by atoms with van der Waals surface area (Å²) in [6, 6.07) is 4.11. The van der Waals surface area contributed by atoms with Gasteiger partial charge in [0.15, 0.2) is 0 Å². The van der Waals surface area contributed by atoms with Gasteiger partial charge in [-0.05, 0) is 32.4 Å². The Kier molecular flexibility index (Phi) is 4.96. The van der Waals surface area contributed by atoms with Crippen LogP contribution in [-0.2, 0) is 11.3 Å². The first kappa shape index (κ1) is 13.3. The second kappa shape index (κ2) is 6.71. The molecule has 2 rings (SSSR count). The molecule has 4 heteroatoms. The number of aromatic nitrogens is 1.